The second-order valence-electron chi connectivity index (χ2n) is 8.94. The molecule has 0 saturated carbocycles. The molecule has 2 saturated heterocycles. The third kappa shape index (κ3) is 8.13. The van der Waals surface area contributed by atoms with E-state index in [-0.39, 0.29) is 11.8 Å². The van der Waals surface area contributed by atoms with E-state index in [4.69, 9.17) is 0 Å². The predicted molar refractivity (Wildman–Crippen MR) is 116 cm³/mol. The van der Waals surface area contributed by atoms with E-state index in [1.54, 1.807) is 0 Å². The topological polar surface area (TPSA) is 40.6 Å². The molecular formula is C24H44N2O2. The average molecular weight is 393 g/mol. The SMILES string of the molecule is CCCCCCCCCC(C(=O)N1CCCCCC1)C(=O)N1CCCCCC1. The molecule has 2 fully saturated rings. The molecule has 0 spiro atoms. The van der Waals surface area contributed by atoms with Crippen LogP contribution in [-0.2, 0) is 9.59 Å². The Morgan fingerprint density at radius 1 is 0.607 bits per heavy atom. The third-order valence-corrected chi connectivity index (χ3v) is 6.53. The minimum atomic E-state index is -0.424. The van der Waals surface area contributed by atoms with Crippen molar-refractivity contribution >= 4 is 11.8 Å². The first-order valence-corrected chi connectivity index (χ1v) is 12.3. The Balaban J connectivity index is 1.91. The Morgan fingerprint density at radius 2 is 1.00 bits per heavy atom. The van der Waals surface area contributed by atoms with E-state index < -0.39 is 5.92 Å². The lowest BCUT2D eigenvalue weighted by Gasteiger charge is -2.30. The maximum Gasteiger partial charge on any atom is 0.235 e. The molecule has 0 aliphatic carbocycles. The molecule has 2 aliphatic heterocycles. The largest absolute Gasteiger partial charge is 0.342 e. The van der Waals surface area contributed by atoms with E-state index in [1.807, 2.05) is 9.80 Å². The summed E-state index contributed by atoms with van der Waals surface area (Å²) < 4.78 is 0. The smallest absolute Gasteiger partial charge is 0.235 e. The number of amides is 2. The molecule has 0 aromatic rings. The molecule has 0 atom stereocenters. The van der Waals surface area contributed by atoms with Crippen LogP contribution in [0.3, 0.4) is 0 Å². The van der Waals surface area contributed by atoms with Crippen LogP contribution in [0.5, 0.6) is 0 Å². The van der Waals surface area contributed by atoms with Crippen molar-refractivity contribution in [2.24, 2.45) is 5.92 Å². The molecule has 4 heteroatoms. The quantitative estimate of drug-likeness (QED) is 0.361. The van der Waals surface area contributed by atoms with Crippen molar-refractivity contribution in [2.45, 2.75) is 110 Å². The molecule has 0 bridgehead atoms. The van der Waals surface area contributed by atoms with Crippen LogP contribution in [0.25, 0.3) is 0 Å². The molecule has 28 heavy (non-hydrogen) atoms. The monoisotopic (exact) mass is 392 g/mol. The van der Waals surface area contributed by atoms with Gasteiger partial charge in [-0.1, -0.05) is 77.6 Å². The van der Waals surface area contributed by atoms with Crippen LogP contribution < -0.4 is 0 Å². The van der Waals surface area contributed by atoms with Crippen molar-refractivity contribution in [1.82, 2.24) is 9.80 Å². The van der Waals surface area contributed by atoms with Gasteiger partial charge in [0, 0.05) is 26.2 Å². The van der Waals surface area contributed by atoms with Crippen molar-refractivity contribution in [1.29, 1.82) is 0 Å². The molecule has 0 unspecified atom stereocenters. The number of carbonyl (C=O) groups excluding carboxylic acids is 2. The van der Waals surface area contributed by atoms with E-state index in [2.05, 4.69) is 6.92 Å². The zero-order valence-electron chi connectivity index (χ0n) is 18.4. The lowest BCUT2D eigenvalue weighted by Crippen LogP contribution is -2.46. The maximum absolute atomic E-state index is 13.3. The summed E-state index contributed by atoms with van der Waals surface area (Å²) in [7, 11) is 0. The van der Waals surface area contributed by atoms with Crippen molar-refractivity contribution < 1.29 is 9.59 Å². The van der Waals surface area contributed by atoms with Crippen LogP contribution in [-0.4, -0.2) is 47.8 Å². The molecule has 4 nitrogen and oxygen atoms in total. The summed E-state index contributed by atoms with van der Waals surface area (Å²) in [5, 5.41) is 0. The first-order chi connectivity index (χ1) is 13.7. The van der Waals surface area contributed by atoms with Gasteiger partial charge in [0.15, 0.2) is 0 Å². The highest BCUT2D eigenvalue weighted by Crippen LogP contribution is 2.22. The first kappa shape index (κ1) is 23.2. The van der Waals surface area contributed by atoms with E-state index in [0.29, 0.717) is 0 Å². The lowest BCUT2D eigenvalue weighted by molar-refractivity contribution is -0.147. The number of carbonyl (C=O) groups is 2. The Kier molecular flexibility index (Phi) is 11.6. The molecule has 2 aliphatic rings. The lowest BCUT2D eigenvalue weighted by atomic mass is 9.96. The minimum Gasteiger partial charge on any atom is -0.342 e. The summed E-state index contributed by atoms with van der Waals surface area (Å²) in [5.41, 5.74) is 0. The molecule has 2 heterocycles. The van der Waals surface area contributed by atoms with Gasteiger partial charge in [0.05, 0.1) is 0 Å². The molecule has 0 aromatic carbocycles. The number of hydrogen-bond acceptors (Lipinski definition) is 2. The van der Waals surface area contributed by atoms with Crippen molar-refractivity contribution in [2.75, 3.05) is 26.2 Å². The number of hydrogen-bond donors (Lipinski definition) is 0. The summed E-state index contributed by atoms with van der Waals surface area (Å²) in [5.74, 6) is -0.170. The van der Waals surface area contributed by atoms with Gasteiger partial charge in [0.1, 0.15) is 5.92 Å². The molecular weight excluding hydrogens is 348 g/mol. The maximum atomic E-state index is 13.3. The highest BCUT2D eigenvalue weighted by molar-refractivity contribution is 6.00. The zero-order chi connectivity index (χ0) is 20.0. The van der Waals surface area contributed by atoms with E-state index in [0.717, 1.165) is 71.1 Å². The Morgan fingerprint density at radius 3 is 1.43 bits per heavy atom. The summed E-state index contributed by atoms with van der Waals surface area (Å²) in [6, 6.07) is 0. The number of unbranched alkanes of at least 4 members (excludes halogenated alkanes) is 6. The van der Waals surface area contributed by atoms with Gasteiger partial charge in [-0.05, 0) is 32.1 Å². The second-order valence-corrected chi connectivity index (χ2v) is 8.94. The molecule has 0 radical (unpaired) electrons. The van der Waals surface area contributed by atoms with Crippen molar-refractivity contribution in [3.63, 3.8) is 0 Å². The van der Waals surface area contributed by atoms with Gasteiger partial charge >= 0.3 is 0 Å². The Labute approximate surface area is 173 Å². The highest BCUT2D eigenvalue weighted by Gasteiger charge is 2.33. The molecule has 2 rings (SSSR count). The fraction of sp³-hybridized carbons (Fsp3) is 0.917. The first-order valence-electron chi connectivity index (χ1n) is 12.3. The van der Waals surface area contributed by atoms with Gasteiger partial charge in [-0.3, -0.25) is 9.59 Å². The Hall–Kier alpha value is -1.06. The fourth-order valence-electron chi connectivity index (χ4n) is 4.68. The van der Waals surface area contributed by atoms with Gasteiger partial charge in [-0.25, -0.2) is 0 Å². The standard InChI is InChI=1S/C24H44N2O2/c1-2-3-4-5-6-7-12-17-22(23(27)25-18-13-8-9-14-19-25)24(28)26-20-15-10-11-16-21-26/h22H,2-21H2,1H3. The van der Waals surface area contributed by atoms with Gasteiger partial charge in [-0.15, -0.1) is 0 Å². The van der Waals surface area contributed by atoms with Gasteiger partial charge < -0.3 is 9.80 Å². The van der Waals surface area contributed by atoms with Crippen LogP contribution >= 0.6 is 0 Å². The summed E-state index contributed by atoms with van der Waals surface area (Å²) in [6.07, 6.45) is 18.6. The Bertz CT molecular complexity index is 404. The average Bonchev–Trinajstić information content (AvgIpc) is 3.14. The molecule has 0 N–H and O–H groups in total. The van der Waals surface area contributed by atoms with Gasteiger partial charge in [0.25, 0.3) is 0 Å². The van der Waals surface area contributed by atoms with Gasteiger partial charge in [0.2, 0.25) is 11.8 Å². The summed E-state index contributed by atoms with van der Waals surface area (Å²) >= 11 is 0. The van der Waals surface area contributed by atoms with Crippen molar-refractivity contribution in [3.8, 4) is 0 Å². The molecule has 0 aromatic heterocycles. The summed E-state index contributed by atoms with van der Waals surface area (Å²) in [4.78, 5) is 30.6. The highest BCUT2D eigenvalue weighted by atomic mass is 16.2. The minimum absolute atomic E-state index is 0.127. The van der Waals surface area contributed by atoms with E-state index in [1.165, 1.54) is 57.8 Å². The van der Waals surface area contributed by atoms with Gasteiger partial charge in [-0.2, -0.15) is 0 Å². The van der Waals surface area contributed by atoms with Crippen LogP contribution in [0.2, 0.25) is 0 Å². The summed E-state index contributed by atoms with van der Waals surface area (Å²) in [6.45, 7) is 5.63. The van der Waals surface area contributed by atoms with Crippen LogP contribution in [0.15, 0.2) is 0 Å². The molecule has 2 amide bonds. The normalized spacial score (nSPS) is 18.8. The predicted octanol–water partition coefficient (Wildman–Crippen LogP) is 5.55. The zero-order valence-corrected chi connectivity index (χ0v) is 18.4. The van der Waals surface area contributed by atoms with Crippen LogP contribution in [0, 0.1) is 5.92 Å². The number of rotatable bonds is 10. The van der Waals surface area contributed by atoms with Crippen molar-refractivity contribution in [3.05, 3.63) is 0 Å². The van der Waals surface area contributed by atoms with E-state index in [9.17, 15) is 9.59 Å². The molecule has 162 valence electrons. The number of likely N-dealkylation sites (tertiary alicyclic amines) is 2. The third-order valence-electron chi connectivity index (χ3n) is 6.53. The van der Waals surface area contributed by atoms with Crippen LogP contribution in [0.4, 0.5) is 0 Å². The number of nitrogens with zero attached hydrogens (tertiary/aromatic N) is 2. The van der Waals surface area contributed by atoms with E-state index >= 15 is 0 Å². The second kappa shape index (κ2) is 14.0. The fourth-order valence-corrected chi connectivity index (χ4v) is 4.68. The van der Waals surface area contributed by atoms with Crippen LogP contribution in [0.1, 0.15) is 110 Å².